The Balaban J connectivity index is 3.01. The summed E-state index contributed by atoms with van der Waals surface area (Å²) in [6.07, 6.45) is 1.31. The molecule has 1 aliphatic rings. The summed E-state index contributed by atoms with van der Waals surface area (Å²) in [5, 5.41) is 14.6. The van der Waals surface area contributed by atoms with E-state index in [1.54, 1.807) is 20.8 Å². The molecule has 0 aromatic rings. The van der Waals surface area contributed by atoms with Gasteiger partial charge in [0.1, 0.15) is 18.1 Å². The van der Waals surface area contributed by atoms with E-state index in [2.05, 4.69) is 10.6 Å². The van der Waals surface area contributed by atoms with Crippen LogP contribution in [0.25, 0.3) is 0 Å². The molecule has 182 valence electrons. The van der Waals surface area contributed by atoms with Crippen LogP contribution in [0.15, 0.2) is 0 Å². The Labute approximate surface area is 188 Å². The zero-order chi connectivity index (χ0) is 24.6. The first-order valence-electron chi connectivity index (χ1n) is 11.1. The Bertz CT molecular complexity index is 713. The van der Waals surface area contributed by atoms with E-state index < -0.39 is 53.8 Å². The predicted molar refractivity (Wildman–Crippen MR) is 117 cm³/mol. The highest BCUT2D eigenvalue weighted by Gasteiger charge is 2.39. The summed E-state index contributed by atoms with van der Waals surface area (Å²) in [6.45, 7) is 7.36. The molecule has 5 atom stereocenters. The highest BCUT2D eigenvalue weighted by Crippen LogP contribution is 2.21. The topological polar surface area (TPSA) is 185 Å². The molecule has 32 heavy (non-hydrogen) atoms. The molecule has 1 heterocycles. The van der Waals surface area contributed by atoms with Crippen molar-refractivity contribution in [1.82, 2.24) is 15.5 Å². The van der Waals surface area contributed by atoms with E-state index in [9.17, 15) is 29.1 Å². The van der Waals surface area contributed by atoms with Gasteiger partial charge in [-0.25, -0.2) is 4.79 Å². The lowest BCUT2D eigenvalue weighted by molar-refractivity contribution is -0.146. The minimum absolute atomic E-state index is 0.0276. The average Bonchev–Trinajstić information content (AvgIpc) is 3.22. The van der Waals surface area contributed by atoms with Crippen LogP contribution < -0.4 is 22.1 Å². The highest BCUT2D eigenvalue weighted by atomic mass is 16.4. The van der Waals surface area contributed by atoms with Crippen molar-refractivity contribution < 1.29 is 29.1 Å². The van der Waals surface area contributed by atoms with Gasteiger partial charge in [0.05, 0.1) is 6.04 Å². The number of aliphatic carboxylic acids is 1. The third kappa shape index (κ3) is 7.47. The van der Waals surface area contributed by atoms with Gasteiger partial charge in [0.15, 0.2) is 0 Å². The fourth-order valence-corrected chi connectivity index (χ4v) is 3.55. The minimum Gasteiger partial charge on any atom is -0.480 e. The predicted octanol–water partition coefficient (Wildman–Crippen LogP) is -0.673. The largest absolute Gasteiger partial charge is 0.480 e. The van der Waals surface area contributed by atoms with E-state index in [-0.39, 0.29) is 31.2 Å². The molecule has 1 saturated heterocycles. The second-order valence-corrected chi connectivity index (χ2v) is 8.74. The van der Waals surface area contributed by atoms with Crippen molar-refractivity contribution in [3.63, 3.8) is 0 Å². The first-order chi connectivity index (χ1) is 14.9. The Morgan fingerprint density at radius 1 is 1.12 bits per heavy atom. The molecule has 0 spiro atoms. The van der Waals surface area contributed by atoms with E-state index >= 15 is 0 Å². The minimum atomic E-state index is -1.14. The van der Waals surface area contributed by atoms with Gasteiger partial charge in [0.25, 0.3) is 0 Å². The van der Waals surface area contributed by atoms with Gasteiger partial charge < -0.3 is 32.1 Å². The number of hydrogen-bond acceptors (Lipinski definition) is 6. The SMILES string of the molecule is CCC(C)C(NC(=O)C1CCCN1C(=O)C(CCC(N)=O)NC(=O)C(N)C(C)C)C(=O)O. The molecule has 0 aliphatic carbocycles. The number of primary amides is 1. The number of carboxylic acid groups (broad SMARTS) is 1. The molecule has 11 heteroatoms. The molecule has 0 aromatic carbocycles. The first-order valence-corrected chi connectivity index (χ1v) is 11.1. The monoisotopic (exact) mass is 455 g/mol. The highest BCUT2D eigenvalue weighted by molar-refractivity contribution is 5.94. The summed E-state index contributed by atoms with van der Waals surface area (Å²) >= 11 is 0. The van der Waals surface area contributed by atoms with Crippen molar-refractivity contribution in [1.29, 1.82) is 0 Å². The van der Waals surface area contributed by atoms with Crippen molar-refractivity contribution in [2.75, 3.05) is 6.54 Å². The van der Waals surface area contributed by atoms with E-state index in [1.165, 1.54) is 4.90 Å². The van der Waals surface area contributed by atoms with Gasteiger partial charge in [-0.1, -0.05) is 34.1 Å². The van der Waals surface area contributed by atoms with Crippen molar-refractivity contribution in [3.8, 4) is 0 Å². The number of nitrogens with one attached hydrogen (secondary N) is 2. The maximum Gasteiger partial charge on any atom is 0.326 e. The number of amides is 4. The number of hydrogen-bond donors (Lipinski definition) is 5. The number of likely N-dealkylation sites (tertiary alicyclic amines) is 1. The first kappa shape index (κ1) is 27.3. The molecule has 1 fully saturated rings. The molecule has 1 rings (SSSR count). The molecule has 4 amide bonds. The summed E-state index contributed by atoms with van der Waals surface area (Å²) in [5.74, 6) is -3.84. The second-order valence-electron chi connectivity index (χ2n) is 8.74. The van der Waals surface area contributed by atoms with Crippen LogP contribution in [0.1, 0.15) is 59.8 Å². The van der Waals surface area contributed by atoms with Crippen molar-refractivity contribution >= 4 is 29.6 Å². The maximum absolute atomic E-state index is 13.2. The Morgan fingerprint density at radius 2 is 1.75 bits per heavy atom. The van der Waals surface area contributed by atoms with Crippen LogP contribution >= 0.6 is 0 Å². The summed E-state index contributed by atoms with van der Waals surface area (Å²) in [5.41, 5.74) is 11.1. The normalized spacial score (nSPS) is 19.7. The molecular formula is C21H37N5O6. The van der Waals surface area contributed by atoms with Crippen molar-refractivity contribution in [2.24, 2.45) is 23.3 Å². The summed E-state index contributed by atoms with van der Waals surface area (Å²) in [4.78, 5) is 62.7. The molecule has 1 aliphatic heterocycles. The molecule has 0 bridgehead atoms. The molecule has 0 aromatic heterocycles. The summed E-state index contributed by atoms with van der Waals surface area (Å²) in [7, 11) is 0. The third-order valence-corrected chi connectivity index (χ3v) is 5.93. The van der Waals surface area contributed by atoms with Crippen LogP contribution in [0.2, 0.25) is 0 Å². The molecule has 0 radical (unpaired) electrons. The standard InChI is InChI=1S/C21H37N5O6/c1-5-12(4)17(21(31)32)25-18(28)14-7-6-10-26(14)20(30)13(8-9-15(22)27)24-19(29)16(23)11(2)3/h11-14,16-17H,5-10,23H2,1-4H3,(H2,22,27)(H,24,29)(H,25,28)(H,31,32). The molecular weight excluding hydrogens is 418 g/mol. The zero-order valence-corrected chi connectivity index (χ0v) is 19.3. The summed E-state index contributed by atoms with van der Waals surface area (Å²) in [6, 6.07) is -3.85. The van der Waals surface area contributed by atoms with Gasteiger partial charge in [-0.15, -0.1) is 0 Å². The van der Waals surface area contributed by atoms with E-state index in [0.29, 0.717) is 19.3 Å². The van der Waals surface area contributed by atoms with Crippen LogP contribution in [-0.2, 0) is 24.0 Å². The second kappa shape index (κ2) is 12.4. The smallest absolute Gasteiger partial charge is 0.326 e. The van der Waals surface area contributed by atoms with Crippen LogP contribution in [0.5, 0.6) is 0 Å². The molecule has 5 unspecified atom stereocenters. The number of carbonyl (C=O) groups excluding carboxylic acids is 4. The van der Waals surface area contributed by atoms with Gasteiger partial charge in [-0.2, -0.15) is 0 Å². The van der Waals surface area contributed by atoms with Crippen LogP contribution in [0.4, 0.5) is 0 Å². The fourth-order valence-electron chi connectivity index (χ4n) is 3.55. The molecule has 0 saturated carbocycles. The van der Waals surface area contributed by atoms with Gasteiger partial charge in [-0.3, -0.25) is 19.2 Å². The van der Waals surface area contributed by atoms with Crippen molar-refractivity contribution in [2.45, 2.75) is 84.0 Å². The zero-order valence-electron chi connectivity index (χ0n) is 19.3. The Kier molecular flexibility index (Phi) is 10.6. The van der Waals surface area contributed by atoms with Gasteiger partial charge in [-0.05, 0) is 31.1 Å². The Morgan fingerprint density at radius 3 is 2.25 bits per heavy atom. The van der Waals surface area contributed by atoms with Gasteiger partial charge in [0, 0.05) is 13.0 Å². The lowest BCUT2D eigenvalue weighted by Crippen LogP contribution is -2.57. The quantitative estimate of drug-likeness (QED) is 0.258. The molecule has 11 nitrogen and oxygen atoms in total. The van der Waals surface area contributed by atoms with E-state index in [4.69, 9.17) is 11.5 Å². The maximum atomic E-state index is 13.2. The van der Waals surface area contributed by atoms with Gasteiger partial charge >= 0.3 is 5.97 Å². The van der Waals surface area contributed by atoms with E-state index in [1.807, 2.05) is 6.92 Å². The van der Waals surface area contributed by atoms with Gasteiger partial charge in [0.2, 0.25) is 23.6 Å². The Hall–Kier alpha value is -2.69. The van der Waals surface area contributed by atoms with Crippen LogP contribution in [0, 0.1) is 11.8 Å². The third-order valence-electron chi connectivity index (χ3n) is 5.93. The lowest BCUT2D eigenvalue weighted by Gasteiger charge is -2.30. The number of carboxylic acids is 1. The summed E-state index contributed by atoms with van der Waals surface area (Å²) < 4.78 is 0. The number of rotatable bonds is 12. The van der Waals surface area contributed by atoms with Crippen LogP contribution in [-0.4, -0.2) is 70.3 Å². The number of nitrogens with two attached hydrogens (primary N) is 2. The van der Waals surface area contributed by atoms with E-state index in [0.717, 1.165) is 0 Å². The lowest BCUT2D eigenvalue weighted by atomic mass is 9.98. The number of nitrogens with zero attached hydrogens (tertiary/aromatic N) is 1. The number of carbonyl (C=O) groups is 5. The fraction of sp³-hybridized carbons (Fsp3) is 0.762. The van der Waals surface area contributed by atoms with Crippen LogP contribution in [0.3, 0.4) is 0 Å². The van der Waals surface area contributed by atoms with Crippen molar-refractivity contribution in [3.05, 3.63) is 0 Å². The average molecular weight is 456 g/mol. The molecule has 7 N–H and O–H groups in total.